The summed E-state index contributed by atoms with van der Waals surface area (Å²) in [6.45, 7) is 6.89. The molecule has 0 amide bonds. The van der Waals surface area contributed by atoms with Crippen molar-refractivity contribution >= 4 is 11.3 Å². The molecule has 1 heterocycles. The topological polar surface area (TPSA) is 21.3 Å². The van der Waals surface area contributed by atoms with Gasteiger partial charge in [0.25, 0.3) is 0 Å². The third-order valence-electron chi connectivity index (χ3n) is 2.76. The number of rotatable bonds is 6. The molecule has 0 aliphatic rings. The van der Waals surface area contributed by atoms with E-state index in [-0.39, 0.29) is 0 Å². The number of aryl methyl sites for hydroxylation is 1. The lowest BCUT2D eigenvalue weighted by Gasteiger charge is -2.04. The van der Waals surface area contributed by atoms with Crippen molar-refractivity contribution in [2.24, 2.45) is 0 Å². The van der Waals surface area contributed by atoms with Gasteiger partial charge in [-0.05, 0) is 31.7 Å². The van der Waals surface area contributed by atoms with Gasteiger partial charge in [0.1, 0.15) is 12.4 Å². The van der Waals surface area contributed by atoms with E-state index in [9.17, 15) is 0 Å². The van der Waals surface area contributed by atoms with E-state index in [1.54, 1.807) is 0 Å². The molecule has 0 fully saturated rings. The highest BCUT2D eigenvalue weighted by Gasteiger charge is 2.05. The number of hydrogen-bond donors (Lipinski definition) is 1. The third-order valence-corrected chi connectivity index (χ3v) is 3.85. The molecular formula is C15H19NOS. The fraction of sp³-hybridized carbons (Fsp3) is 0.333. The van der Waals surface area contributed by atoms with Crippen molar-refractivity contribution in [1.82, 2.24) is 5.32 Å². The number of nitrogens with one attached hydrogen (secondary N) is 1. The lowest BCUT2D eigenvalue weighted by Crippen LogP contribution is -2.10. The van der Waals surface area contributed by atoms with E-state index < -0.39 is 0 Å². The molecule has 2 aromatic rings. The lowest BCUT2D eigenvalue weighted by molar-refractivity contribution is 0.306. The van der Waals surface area contributed by atoms with Gasteiger partial charge in [0.2, 0.25) is 0 Å². The molecule has 0 atom stereocenters. The molecule has 0 aliphatic heterocycles. The second-order valence-corrected chi connectivity index (χ2v) is 5.52. The van der Waals surface area contributed by atoms with Crippen LogP contribution in [0.3, 0.4) is 0 Å². The van der Waals surface area contributed by atoms with Crippen LogP contribution in [0.15, 0.2) is 36.4 Å². The number of para-hydroxylation sites is 1. The van der Waals surface area contributed by atoms with Crippen molar-refractivity contribution < 1.29 is 4.74 Å². The van der Waals surface area contributed by atoms with Crippen molar-refractivity contribution in [1.29, 1.82) is 0 Å². The SMILES string of the molecule is CCNCc1cc(COc2ccccc2)c(C)s1. The summed E-state index contributed by atoms with van der Waals surface area (Å²) in [6.07, 6.45) is 0. The Balaban J connectivity index is 1.95. The molecule has 0 radical (unpaired) electrons. The summed E-state index contributed by atoms with van der Waals surface area (Å²) in [4.78, 5) is 2.72. The summed E-state index contributed by atoms with van der Waals surface area (Å²) >= 11 is 1.85. The van der Waals surface area contributed by atoms with Gasteiger partial charge in [-0.25, -0.2) is 0 Å². The first kappa shape index (κ1) is 13.1. The minimum atomic E-state index is 0.651. The van der Waals surface area contributed by atoms with Gasteiger partial charge in [-0.15, -0.1) is 11.3 Å². The van der Waals surface area contributed by atoms with Crippen LogP contribution < -0.4 is 10.1 Å². The maximum absolute atomic E-state index is 5.78. The van der Waals surface area contributed by atoms with E-state index in [0.717, 1.165) is 18.8 Å². The summed E-state index contributed by atoms with van der Waals surface area (Å²) in [5, 5.41) is 3.35. The van der Waals surface area contributed by atoms with Crippen molar-refractivity contribution in [3.63, 3.8) is 0 Å². The van der Waals surface area contributed by atoms with Crippen LogP contribution in [-0.4, -0.2) is 6.54 Å². The molecule has 0 saturated heterocycles. The normalized spacial score (nSPS) is 10.6. The molecule has 2 nitrogen and oxygen atoms in total. The molecule has 2 rings (SSSR count). The quantitative estimate of drug-likeness (QED) is 0.855. The molecule has 18 heavy (non-hydrogen) atoms. The third kappa shape index (κ3) is 3.59. The van der Waals surface area contributed by atoms with E-state index >= 15 is 0 Å². The van der Waals surface area contributed by atoms with Crippen molar-refractivity contribution in [2.45, 2.75) is 27.0 Å². The lowest BCUT2D eigenvalue weighted by atomic mass is 10.2. The van der Waals surface area contributed by atoms with Crippen LogP contribution in [-0.2, 0) is 13.2 Å². The molecule has 0 aliphatic carbocycles. The fourth-order valence-corrected chi connectivity index (χ4v) is 2.76. The summed E-state index contributed by atoms with van der Waals surface area (Å²) in [5.74, 6) is 0.927. The smallest absolute Gasteiger partial charge is 0.119 e. The zero-order valence-electron chi connectivity index (χ0n) is 10.9. The summed E-state index contributed by atoms with van der Waals surface area (Å²) in [7, 11) is 0. The number of thiophene rings is 1. The predicted molar refractivity (Wildman–Crippen MR) is 77.2 cm³/mol. The van der Waals surface area contributed by atoms with E-state index in [4.69, 9.17) is 4.74 Å². The first-order valence-corrected chi connectivity index (χ1v) is 7.08. The van der Waals surface area contributed by atoms with Crippen LogP contribution in [0.1, 0.15) is 22.2 Å². The number of hydrogen-bond acceptors (Lipinski definition) is 3. The minimum Gasteiger partial charge on any atom is -0.489 e. The highest BCUT2D eigenvalue weighted by Crippen LogP contribution is 2.23. The van der Waals surface area contributed by atoms with Gasteiger partial charge >= 0.3 is 0 Å². The van der Waals surface area contributed by atoms with Crippen molar-refractivity contribution in [3.8, 4) is 5.75 Å². The Kier molecular flexibility index (Phi) is 4.79. The second kappa shape index (κ2) is 6.57. The van der Waals surface area contributed by atoms with Gasteiger partial charge in [0.05, 0.1) is 0 Å². The maximum Gasteiger partial charge on any atom is 0.119 e. The molecule has 1 N–H and O–H groups in total. The average Bonchev–Trinajstić information content (AvgIpc) is 2.76. The molecule has 0 unspecified atom stereocenters. The van der Waals surface area contributed by atoms with Crippen LogP contribution >= 0.6 is 11.3 Å². The zero-order chi connectivity index (χ0) is 12.8. The fourth-order valence-electron chi connectivity index (χ4n) is 1.74. The highest BCUT2D eigenvalue weighted by molar-refractivity contribution is 7.12. The maximum atomic E-state index is 5.78. The van der Waals surface area contributed by atoms with E-state index in [1.807, 2.05) is 41.7 Å². The largest absolute Gasteiger partial charge is 0.489 e. The number of ether oxygens (including phenoxy) is 1. The Morgan fingerprint density at radius 3 is 2.72 bits per heavy atom. The Labute approximate surface area is 113 Å². The molecule has 0 spiro atoms. The minimum absolute atomic E-state index is 0.651. The average molecular weight is 261 g/mol. The van der Waals surface area contributed by atoms with Gasteiger partial charge in [0, 0.05) is 21.9 Å². The van der Waals surface area contributed by atoms with Gasteiger partial charge < -0.3 is 10.1 Å². The molecule has 0 saturated carbocycles. The molecule has 3 heteroatoms. The Morgan fingerprint density at radius 1 is 1.22 bits per heavy atom. The van der Waals surface area contributed by atoms with Gasteiger partial charge in [-0.3, -0.25) is 0 Å². The van der Waals surface area contributed by atoms with Crippen LogP contribution in [0.25, 0.3) is 0 Å². The molecule has 1 aromatic heterocycles. The Hall–Kier alpha value is -1.32. The predicted octanol–water partition coefficient (Wildman–Crippen LogP) is 3.75. The van der Waals surface area contributed by atoms with Crippen molar-refractivity contribution in [2.75, 3.05) is 6.54 Å². The van der Waals surface area contributed by atoms with E-state index in [0.29, 0.717) is 6.61 Å². The molecule has 96 valence electrons. The van der Waals surface area contributed by atoms with Crippen LogP contribution in [0, 0.1) is 6.92 Å². The van der Waals surface area contributed by atoms with Crippen LogP contribution in [0.2, 0.25) is 0 Å². The zero-order valence-corrected chi connectivity index (χ0v) is 11.7. The van der Waals surface area contributed by atoms with Gasteiger partial charge in [-0.1, -0.05) is 25.1 Å². The summed E-state index contributed by atoms with van der Waals surface area (Å²) in [6, 6.07) is 12.2. The Morgan fingerprint density at radius 2 is 2.00 bits per heavy atom. The summed E-state index contributed by atoms with van der Waals surface area (Å²) in [5.41, 5.74) is 1.29. The van der Waals surface area contributed by atoms with Crippen molar-refractivity contribution in [3.05, 3.63) is 51.7 Å². The Bertz CT molecular complexity index is 478. The van der Waals surface area contributed by atoms with E-state index in [1.165, 1.54) is 15.3 Å². The van der Waals surface area contributed by atoms with Crippen LogP contribution in [0.5, 0.6) is 5.75 Å². The first-order chi connectivity index (χ1) is 8.79. The monoisotopic (exact) mass is 261 g/mol. The van der Waals surface area contributed by atoms with Gasteiger partial charge in [0.15, 0.2) is 0 Å². The standard InChI is InChI=1S/C15H19NOS/c1-3-16-10-15-9-13(12(2)18-15)11-17-14-7-5-4-6-8-14/h4-9,16H,3,10-11H2,1-2H3. The summed E-state index contributed by atoms with van der Waals surface area (Å²) < 4.78 is 5.78. The highest BCUT2D eigenvalue weighted by atomic mass is 32.1. The van der Waals surface area contributed by atoms with Gasteiger partial charge in [-0.2, -0.15) is 0 Å². The molecule has 0 bridgehead atoms. The van der Waals surface area contributed by atoms with E-state index in [2.05, 4.69) is 25.2 Å². The molecule has 1 aromatic carbocycles. The van der Waals surface area contributed by atoms with Crippen LogP contribution in [0.4, 0.5) is 0 Å². The molecular weight excluding hydrogens is 242 g/mol. The number of benzene rings is 1. The second-order valence-electron chi connectivity index (χ2n) is 4.18. The first-order valence-electron chi connectivity index (χ1n) is 6.26.